The van der Waals surface area contributed by atoms with E-state index in [2.05, 4.69) is 11.8 Å². The Morgan fingerprint density at radius 1 is 1.25 bits per heavy atom. The molecular formula is C16H25NO3. The quantitative estimate of drug-likeness (QED) is 0.669. The number of nitrogens with zero attached hydrogens (tertiary/aromatic N) is 1. The van der Waals surface area contributed by atoms with E-state index in [-0.39, 0.29) is 6.42 Å². The Hall–Kier alpha value is -1.55. The zero-order valence-corrected chi connectivity index (χ0v) is 12.5. The first-order valence-corrected chi connectivity index (χ1v) is 7.26. The topological polar surface area (TPSA) is 49.8 Å². The Bertz CT molecular complexity index is 406. The van der Waals surface area contributed by atoms with Crippen molar-refractivity contribution in [2.45, 2.75) is 33.1 Å². The predicted molar refractivity (Wildman–Crippen MR) is 80.3 cm³/mol. The smallest absolute Gasteiger partial charge is 0.304 e. The molecule has 4 nitrogen and oxygen atoms in total. The predicted octanol–water partition coefficient (Wildman–Crippen LogP) is 2.95. The van der Waals surface area contributed by atoms with Crippen LogP contribution in [-0.2, 0) is 4.79 Å². The first-order chi connectivity index (χ1) is 9.63. The Balaban J connectivity index is 2.14. The molecule has 0 saturated carbocycles. The number of hydrogen-bond acceptors (Lipinski definition) is 3. The summed E-state index contributed by atoms with van der Waals surface area (Å²) in [6.07, 6.45) is 2.23. The van der Waals surface area contributed by atoms with E-state index in [0.29, 0.717) is 13.2 Å². The van der Waals surface area contributed by atoms with Gasteiger partial charge < -0.3 is 14.7 Å². The van der Waals surface area contributed by atoms with Crippen molar-refractivity contribution in [1.29, 1.82) is 0 Å². The lowest BCUT2D eigenvalue weighted by Gasteiger charge is -2.19. The van der Waals surface area contributed by atoms with Crippen molar-refractivity contribution in [3.8, 4) is 5.75 Å². The second kappa shape index (κ2) is 9.37. The molecule has 0 spiro atoms. The third kappa shape index (κ3) is 6.57. The van der Waals surface area contributed by atoms with Gasteiger partial charge in [0.15, 0.2) is 0 Å². The van der Waals surface area contributed by atoms with E-state index in [4.69, 9.17) is 9.84 Å². The Kier molecular flexibility index (Phi) is 7.73. The van der Waals surface area contributed by atoms with Crippen LogP contribution in [0.1, 0.15) is 31.7 Å². The lowest BCUT2D eigenvalue weighted by molar-refractivity contribution is -0.137. The molecule has 0 fully saturated rings. The molecule has 0 aromatic heterocycles. The second-order valence-corrected chi connectivity index (χ2v) is 4.90. The summed E-state index contributed by atoms with van der Waals surface area (Å²) in [5.74, 6) is 0.220. The van der Waals surface area contributed by atoms with Crippen molar-refractivity contribution >= 4 is 5.97 Å². The molecule has 0 unspecified atom stereocenters. The van der Waals surface area contributed by atoms with Gasteiger partial charge in [0, 0.05) is 6.54 Å². The number of para-hydroxylation sites is 1. The summed E-state index contributed by atoms with van der Waals surface area (Å²) in [4.78, 5) is 12.7. The summed E-state index contributed by atoms with van der Waals surface area (Å²) in [5.41, 5.74) is 1.16. The maximum Gasteiger partial charge on any atom is 0.304 e. The van der Waals surface area contributed by atoms with Crippen LogP contribution in [0, 0.1) is 6.92 Å². The standard InChI is InChI=1S/C16H25NO3/c1-3-17(12-10-16(18)19)11-6-7-13-20-15-9-5-4-8-14(15)2/h4-5,8-9H,3,6-7,10-13H2,1-2H3,(H,18,19). The molecule has 0 amide bonds. The minimum Gasteiger partial charge on any atom is -0.493 e. The number of aliphatic carboxylic acids is 1. The van der Waals surface area contributed by atoms with Gasteiger partial charge in [-0.05, 0) is 44.5 Å². The molecule has 0 saturated heterocycles. The number of unbranched alkanes of at least 4 members (excludes halogenated alkanes) is 1. The van der Waals surface area contributed by atoms with Crippen LogP contribution in [0.15, 0.2) is 24.3 Å². The molecule has 1 rings (SSSR count). The van der Waals surface area contributed by atoms with Crippen LogP contribution < -0.4 is 4.74 Å². The maximum absolute atomic E-state index is 10.5. The number of carbonyl (C=O) groups is 1. The van der Waals surface area contributed by atoms with Crippen molar-refractivity contribution < 1.29 is 14.6 Å². The monoisotopic (exact) mass is 279 g/mol. The average Bonchev–Trinajstić information content (AvgIpc) is 2.43. The van der Waals surface area contributed by atoms with Crippen molar-refractivity contribution in [3.05, 3.63) is 29.8 Å². The minimum atomic E-state index is -0.730. The Morgan fingerprint density at radius 3 is 2.65 bits per heavy atom. The number of benzene rings is 1. The summed E-state index contributed by atoms with van der Waals surface area (Å²) in [6.45, 7) is 7.27. The normalized spacial score (nSPS) is 10.8. The van der Waals surface area contributed by atoms with Gasteiger partial charge in [-0.25, -0.2) is 0 Å². The molecule has 1 N–H and O–H groups in total. The number of aryl methyl sites for hydroxylation is 1. The van der Waals surface area contributed by atoms with Gasteiger partial charge >= 0.3 is 5.97 Å². The highest BCUT2D eigenvalue weighted by Crippen LogP contribution is 2.16. The first kappa shape index (κ1) is 16.5. The van der Waals surface area contributed by atoms with Gasteiger partial charge in [0.1, 0.15) is 5.75 Å². The van der Waals surface area contributed by atoms with Crippen molar-refractivity contribution in [3.63, 3.8) is 0 Å². The SMILES string of the molecule is CCN(CCCCOc1ccccc1C)CCC(=O)O. The van der Waals surface area contributed by atoms with Gasteiger partial charge in [0.2, 0.25) is 0 Å². The minimum absolute atomic E-state index is 0.216. The summed E-state index contributed by atoms with van der Waals surface area (Å²) in [5, 5.41) is 8.67. The van der Waals surface area contributed by atoms with Crippen molar-refractivity contribution in [2.24, 2.45) is 0 Å². The fraction of sp³-hybridized carbons (Fsp3) is 0.562. The van der Waals surface area contributed by atoms with E-state index in [9.17, 15) is 4.79 Å². The van der Waals surface area contributed by atoms with E-state index in [0.717, 1.165) is 37.2 Å². The Morgan fingerprint density at radius 2 is 2.00 bits per heavy atom. The second-order valence-electron chi connectivity index (χ2n) is 4.90. The van der Waals surface area contributed by atoms with Crippen molar-refractivity contribution in [1.82, 2.24) is 4.90 Å². The Labute approximate surface area is 121 Å². The molecule has 0 heterocycles. The first-order valence-electron chi connectivity index (χ1n) is 7.26. The van der Waals surface area contributed by atoms with Gasteiger partial charge in [-0.3, -0.25) is 4.79 Å². The van der Waals surface area contributed by atoms with Gasteiger partial charge in [-0.1, -0.05) is 25.1 Å². The number of hydrogen-bond donors (Lipinski definition) is 1. The summed E-state index contributed by atoms with van der Waals surface area (Å²) < 4.78 is 5.74. The highest BCUT2D eigenvalue weighted by atomic mass is 16.5. The fourth-order valence-corrected chi connectivity index (χ4v) is 2.02. The van der Waals surface area contributed by atoms with E-state index >= 15 is 0 Å². The van der Waals surface area contributed by atoms with Crippen molar-refractivity contribution in [2.75, 3.05) is 26.2 Å². The van der Waals surface area contributed by atoms with E-state index in [1.165, 1.54) is 0 Å². The molecule has 1 aromatic rings. The molecule has 0 aliphatic rings. The van der Waals surface area contributed by atoms with E-state index in [1.54, 1.807) is 0 Å². The van der Waals surface area contributed by atoms with E-state index in [1.807, 2.05) is 31.2 Å². The molecule has 112 valence electrons. The van der Waals surface area contributed by atoms with Crippen LogP contribution in [0.5, 0.6) is 5.75 Å². The molecule has 1 aromatic carbocycles. The molecule has 0 radical (unpaired) electrons. The molecule has 4 heteroatoms. The van der Waals surface area contributed by atoms with Crippen LogP contribution in [0.2, 0.25) is 0 Å². The summed E-state index contributed by atoms with van der Waals surface area (Å²) in [6, 6.07) is 8.01. The lowest BCUT2D eigenvalue weighted by Crippen LogP contribution is -2.27. The third-order valence-corrected chi connectivity index (χ3v) is 3.31. The van der Waals surface area contributed by atoms with Crippen LogP contribution in [-0.4, -0.2) is 42.2 Å². The summed E-state index contributed by atoms with van der Waals surface area (Å²) in [7, 11) is 0. The van der Waals surface area contributed by atoms with Crippen LogP contribution in [0.25, 0.3) is 0 Å². The van der Waals surface area contributed by atoms with E-state index < -0.39 is 5.97 Å². The number of ether oxygens (including phenoxy) is 1. The van der Waals surface area contributed by atoms with Gasteiger partial charge in [-0.2, -0.15) is 0 Å². The zero-order valence-electron chi connectivity index (χ0n) is 12.5. The lowest BCUT2D eigenvalue weighted by atomic mass is 10.2. The van der Waals surface area contributed by atoms with Crippen LogP contribution >= 0.6 is 0 Å². The zero-order chi connectivity index (χ0) is 14.8. The largest absolute Gasteiger partial charge is 0.493 e. The molecule has 0 atom stereocenters. The molecule has 20 heavy (non-hydrogen) atoms. The molecule has 0 bridgehead atoms. The number of carboxylic acids is 1. The van der Waals surface area contributed by atoms with Gasteiger partial charge in [0.05, 0.1) is 13.0 Å². The average molecular weight is 279 g/mol. The highest BCUT2D eigenvalue weighted by molar-refractivity contribution is 5.66. The van der Waals surface area contributed by atoms with Gasteiger partial charge in [-0.15, -0.1) is 0 Å². The molecular weight excluding hydrogens is 254 g/mol. The number of carboxylic acid groups (broad SMARTS) is 1. The van der Waals surface area contributed by atoms with Gasteiger partial charge in [0.25, 0.3) is 0 Å². The third-order valence-electron chi connectivity index (χ3n) is 3.31. The van der Waals surface area contributed by atoms with Crippen LogP contribution in [0.3, 0.4) is 0 Å². The number of rotatable bonds is 10. The summed E-state index contributed by atoms with van der Waals surface area (Å²) >= 11 is 0. The molecule has 0 aliphatic carbocycles. The van der Waals surface area contributed by atoms with Crippen LogP contribution in [0.4, 0.5) is 0 Å². The molecule has 0 aliphatic heterocycles. The fourth-order valence-electron chi connectivity index (χ4n) is 2.02. The maximum atomic E-state index is 10.5. The highest BCUT2D eigenvalue weighted by Gasteiger charge is 2.05.